The summed E-state index contributed by atoms with van der Waals surface area (Å²) < 4.78 is 22.9. The van der Waals surface area contributed by atoms with Gasteiger partial charge >= 0.3 is 0 Å². The lowest BCUT2D eigenvalue weighted by molar-refractivity contribution is 0.283. The number of aliphatic hydroxyl groups is 1. The number of hydrogen-bond donors (Lipinski definition) is 4. The van der Waals surface area contributed by atoms with Crippen LogP contribution in [0.5, 0.6) is 0 Å². The van der Waals surface area contributed by atoms with Gasteiger partial charge in [-0.25, -0.2) is 13.6 Å². The molecule has 7 heteroatoms. The second-order valence-electron chi connectivity index (χ2n) is 4.37. The van der Waals surface area contributed by atoms with Crippen molar-refractivity contribution in [2.24, 2.45) is 5.14 Å². The number of nitrogens with two attached hydrogens (primary N) is 2. The molecule has 0 amide bonds. The molecule has 0 bridgehead atoms. The fourth-order valence-corrected chi connectivity index (χ4v) is 2.48. The van der Waals surface area contributed by atoms with Crippen molar-refractivity contribution in [3.63, 3.8) is 0 Å². The molecule has 0 atom stereocenters. The Bertz CT molecular complexity index is 503. The lowest BCUT2D eigenvalue weighted by atomic mass is 10.2. The van der Waals surface area contributed by atoms with Crippen molar-refractivity contribution >= 4 is 21.4 Å². The van der Waals surface area contributed by atoms with E-state index in [4.69, 9.17) is 16.0 Å². The number of benzene rings is 1. The fraction of sp³-hybridized carbons (Fsp3) is 0.500. The van der Waals surface area contributed by atoms with Crippen LogP contribution >= 0.6 is 0 Å². The molecule has 1 aromatic rings. The Morgan fingerprint density at radius 3 is 2.47 bits per heavy atom. The van der Waals surface area contributed by atoms with Gasteiger partial charge < -0.3 is 16.2 Å². The van der Waals surface area contributed by atoms with E-state index >= 15 is 0 Å². The number of nitrogen functional groups attached to an aromatic ring is 1. The van der Waals surface area contributed by atoms with Gasteiger partial charge in [-0.15, -0.1) is 0 Å². The van der Waals surface area contributed by atoms with E-state index in [0.717, 1.165) is 25.7 Å². The van der Waals surface area contributed by atoms with Crippen LogP contribution in [0.2, 0.25) is 0 Å². The predicted octanol–water partition coefficient (Wildman–Crippen LogP) is 0.881. The first-order valence-electron chi connectivity index (χ1n) is 6.22. The predicted molar refractivity (Wildman–Crippen MR) is 76.3 cm³/mol. The van der Waals surface area contributed by atoms with Gasteiger partial charge in [0.2, 0.25) is 10.0 Å². The highest BCUT2D eigenvalue weighted by atomic mass is 32.2. The Labute approximate surface area is 113 Å². The number of primary sulfonamides is 1. The summed E-state index contributed by atoms with van der Waals surface area (Å²) in [6.07, 6.45) is 3.63. The third-order valence-electron chi connectivity index (χ3n) is 2.71. The van der Waals surface area contributed by atoms with Crippen molar-refractivity contribution in [2.45, 2.75) is 30.6 Å². The van der Waals surface area contributed by atoms with Crippen LogP contribution in [0.1, 0.15) is 25.7 Å². The molecule has 19 heavy (non-hydrogen) atoms. The largest absolute Gasteiger partial charge is 0.399 e. The van der Waals surface area contributed by atoms with Crippen LogP contribution < -0.4 is 16.2 Å². The summed E-state index contributed by atoms with van der Waals surface area (Å²) in [5.41, 5.74) is 6.39. The fourth-order valence-electron chi connectivity index (χ4n) is 1.73. The lowest BCUT2D eigenvalue weighted by Gasteiger charge is -2.11. The molecule has 0 saturated heterocycles. The molecule has 0 fully saturated rings. The van der Waals surface area contributed by atoms with E-state index in [-0.39, 0.29) is 11.5 Å². The Kier molecular flexibility index (Phi) is 6.07. The molecule has 108 valence electrons. The molecule has 0 aliphatic carbocycles. The Morgan fingerprint density at radius 1 is 1.16 bits per heavy atom. The Morgan fingerprint density at radius 2 is 1.84 bits per heavy atom. The summed E-state index contributed by atoms with van der Waals surface area (Å²) in [5, 5.41) is 16.8. The summed E-state index contributed by atoms with van der Waals surface area (Å²) in [7, 11) is -3.78. The van der Waals surface area contributed by atoms with E-state index in [1.165, 1.54) is 6.07 Å². The monoisotopic (exact) mass is 287 g/mol. The number of nitrogens with one attached hydrogen (secondary N) is 1. The molecule has 0 saturated carbocycles. The first kappa shape index (κ1) is 15.7. The minimum Gasteiger partial charge on any atom is -0.399 e. The van der Waals surface area contributed by atoms with E-state index in [2.05, 4.69) is 5.32 Å². The zero-order valence-electron chi connectivity index (χ0n) is 10.8. The van der Waals surface area contributed by atoms with Crippen molar-refractivity contribution in [1.82, 2.24) is 0 Å². The molecule has 0 spiro atoms. The number of rotatable bonds is 8. The molecule has 0 aromatic heterocycles. The van der Waals surface area contributed by atoms with Gasteiger partial charge in [0.15, 0.2) is 0 Å². The average Bonchev–Trinajstić information content (AvgIpc) is 2.34. The average molecular weight is 287 g/mol. The summed E-state index contributed by atoms with van der Waals surface area (Å²) in [6, 6.07) is 4.59. The third-order valence-corrected chi connectivity index (χ3v) is 3.66. The topological polar surface area (TPSA) is 118 Å². The SMILES string of the molecule is Nc1ccc(NCCCCCCO)c(S(N)(=O)=O)c1. The molecule has 1 rings (SSSR count). The van der Waals surface area contributed by atoms with Gasteiger partial charge in [0.25, 0.3) is 0 Å². The minimum absolute atomic E-state index is 0.0165. The van der Waals surface area contributed by atoms with Gasteiger partial charge in [-0.05, 0) is 31.0 Å². The maximum atomic E-state index is 11.4. The van der Waals surface area contributed by atoms with E-state index < -0.39 is 10.0 Å². The summed E-state index contributed by atoms with van der Waals surface area (Å²) in [5.74, 6) is 0. The molecule has 0 aliphatic heterocycles. The van der Waals surface area contributed by atoms with Gasteiger partial charge in [-0.1, -0.05) is 12.8 Å². The van der Waals surface area contributed by atoms with Crippen LogP contribution in [0.25, 0.3) is 0 Å². The van der Waals surface area contributed by atoms with Gasteiger partial charge in [-0.2, -0.15) is 0 Å². The quantitative estimate of drug-likeness (QED) is 0.418. The maximum Gasteiger partial charge on any atom is 0.240 e. The van der Waals surface area contributed by atoms with Gasteiger partial charge in [0, 0.05) is 18.8 Å². The number of hydrogen-bond acceptors (Lipinski definition) is 5. The molecule has 0 heterocycles. The van der Waals surface area contributed by atoms with Crippen LogP contribution in [0.15, 0.2) is 23.1 Å². The van der Waals surface area contributed by atoms with Crippen molar-refractivity contribution in [1.29, 1.82) is 0 Å². The Hall–Kier alpha value is -1.31. The van der Waals surface area contributed by atoms with Crippen LogP contribution in [-0.4, -0.2) is 26.7 Å². The van der Waals surface area contributed by atoms with Crippen LogP contribution in [-0.2, 0) is 10.0 Å². The number of unbranched alkanes of at least 4 members (excludes halogenated alkanes) is 3. The smallest absolute Gasteiger partial charge is 0.240 e. The van der Waals surface area contributed by atoms with Crippen LogP contribution in [0, 0.1) is 0 Å². The highest BCUT2D eigenvalue weighted by Gasteiger charge is 2.13. The number of sulfonamides is 1. The number of aliphatic hydroxyl groups excluding tert-OH is 1. The maximum absolute atomic E-state index is 11.4. The normalized spacial score (nSPS) is 11.5. The van der Waals surface area contributed by atoms with E-state index in [1.807, 2.05) is 0 Å². The molecule has 0 unspecified atom stereocenters. The van der Waals surface area contributed by atoms with E-state index in [9.17, 15) is 8.42 Å². The van der Waals surface area contributed by atoms with Crippen molar-refractivity contribution in [3.8, 4) is 0 Å². The highest BCUT2D eigenvalue weighted by Crippen LogP contribution is 2.22. The van der Waals surface area contributed by atoms with Crippen LogP contribution in [0.4, 0.5) is 11.4 Å². The summed E-state index contributed by atoms with van der Waals surface area (Å²) in [4.78, 5) is 0.0165. The zero-order valence-corrected chi connectivity index (χ0v) is 11.6. The van der Waals surface area contributed by atoms with Crippen molar-refractivity contribution < 1.29 is 13.5 Å². The first-order chi connectivity index (χ1) is 8.95. The lowest BCUT2D eigenvalue weighted by Crippen LogP contribution is -2.16. The first-order valence-corrected chi connectivity index (χ1v) is 7.77. The Balaban J connectivity index is 2.59. The highest BCUT2D eigenvalue weighted by molar-refractivity contribution is 7.89. The summed E-state index contributed by atoms with van der Waals surface area (Å²) >= 11 is 0. The van der Waals surface area contributed by atoms with Crippen molar-refractivity contribution in [2.75, 3.05) is 24.2 Å². The van der Waals surface area contributed by atoms with Gasteiger partial charge in [0.1, 0.15) is 4.90 Å². The second kappa shape index (κ2) is 7.32. The molecule has 1 aromatic carbocycles. The van der Waals surface area contributed by atoms with E-state index in [0.29, 0.717) is 17.9 Å². The molecule has 6 N–H and O–H groups in total. The third kappa shape index (κ3) is 5.46. The molecular weight excluding hydrogens is 266 g/mol. The standard InChI is InChI=1S/C12H21N3O3S/c13-10-5-6-11(12(9-10)19(14,17)18)15-7-3-1-2-4-8-16/h5-6,9,15-16H,1-4,7-8,13H2,(H2,14,17,18). The number of anilines is 2. The van der Waals surface area contributed by atoms with Gasteiger partial charge in [0.05, 0.1) is 5.69 Å². The molecule has 0 radical (unpaired) electrons. The molecular formula is C12H21N3O3S. The zero-order chi connectivity index (χ0) is 14.3. The van der Waals surface area contributed by atoms with Gasteiger partial charge in [-0.3, -0.25) is 0 Å². The van der Waals surface area contributed by atoms with E-state index in [1.54, 1.807) is 12.1 Å². The minimum atomic E-state index is -3.78. The van der Waals surface area contributed by atoms with Crippen LogP contribution in [0.3, 0.4) is 0 Å². The summed E-state index contributed by atoms with van der Waals surface area (Å²) in [6.45, 7) is 0.860. The molecule has 0 aliphatic rings. The van der Waals surface area contributed by atoms with Crippen molar-refractivity contribution in [3.05, 3.63) is 18.2 Å². The second-order valence-corrected chi connectivity index (χ2v) is 5.90. The molecule has 6 nitrogen and oxygen atoms in total.